The van der Waals surface area contributed by atoms with Crippen LogP contribution in [-0.4, -0.2) is 37.6 Å². The average molecular weight is 341 g/mol. The van der Waals surface area contributed by atoms with Crippen molar-refractivity contribution in [2.75, 3.05) is 20.7 Å². The third-order valence-electron chi connectivity index (χ3n) is 6.28. The first-order valence-corrected chi connectivity index (χ1v) is 9.29. The Morgan fingerprint density at radius 1 is 1.32 bits per heavy atom. The van der Waals surface area contributed by atoms with Gasteiger partial charge in [0.1, 0.15) is 11.5 Å². The number of fused-ring (bicyclic) bond motifs is 1. The Labute approximate surface area is 149 Å². The lowest BCUT2D eigenvalue weighted by Gasteiger charge is -2.41. The van der Waals surface area contributed by atoms with Crippen molar-refractivity contribution < 1.29 is 14.3 Å². The van der Waals surface area contributed by atoms with Crippen LogP contribution in [-0.2, 0) is 14.9 Å². The number of nitrogens with zero attached hydrogens (tertiary/aromatic N) is 1. The van der Waals surface area contributed by atoms with Gasteiger partial charge in [-0.05, 0) is 69.5 Å². The van der Waals surface area contributed by atoms with Gasteiger partial charge in [0.15, 0.2) is 0 Å². The predicted molar refractivity (Wildman–Crippen MR) is 96.6 cm³/mol. The van der Waals surface area contributed by atoms with E-state index in [0.29, 0.717) is 6.04 Å². The summed E-state index contributed by atoms with van der Waals surface area (Å²) >= 11 is 0. The number of hydrogen-bond acceptors (Lipinski definition) is 4. The first kappa shape index (κ1) is 16.6. The summed E-state index contributed by atoms with van der Waals surface area (Å²) in [5.74, 6) is 1.93. The van der Waals surface area contributed by atoms with E-state index in [1.807, 2.05) is 0 Å². The maximum atomic E-state index is 12.0. The molecular formula is C21H27NO3. The molecule has 1 saturated carbocycles. The summed E-state index contributed by atoms with van der Waals surface area (Å²) in [4.78, 5) is 14.4. The number of rotatable bonds is 4. The molecule has 4 nitrogen and oxygen atoms in total. The second-order valence-electron chi connectivity index (χ2n) is 7.86. The van der Waals surface area contributed by atoms with Gasteiger partial charge in [-0.3, -0.25) is 4.79 Å². The zero-order valence-corrected chi connectivity index (χ0v) is 15.4. The Bertz CT molecular complexity index is 722. The Morgan fingerprint density at radius 2 is 2.12 bits per heavy atom. The molecular weight excluding hydrogens is 314 g/mol. The third-order valence-corrected chi connectivity index (χ3v) is 6.28. The lowest BCUT2D eigenvalue weighted by molar-refractivity contribution is -0.141. The first-order chi connectivity index (χ1) is 12.0. The largest absolute Gasteiger partial charge is 0.496 e. The van der Waals surface area contributed by atoms with Gasteiger partial charge < -0.3 is 14.4 Å². The van der Waals surface area contributed by atoms with Gasteiger partial charge in [-0.25, -0.2) is 0 Å². The van der Waals surface area contributed by atoms with Crippen LogP contribution in [0.15, 0.2) is 30.0 Å². The van der Waals surface area contributed by atoms with Crippen molar-refractivity contribution in [2.24, 2.45) is 5.92 Å². The van der Waals surface area contributed by atoms with Crippen molar-refractivity contribution >= 4 is 5.97 Å². The molecule has 0 N–H and O–H groups in total. The van der Waals surface area contributed by atoms with Crippen molar-refractivity contribution in [1.29, 1.82) is 0 Å². The van der Waals surface area contributed by atoms with Crippen molar-refractivity contribution in [3.63, 3.8) is 0 Å². The fraction of sp³-hybridized carbons (Fsp3) is 0.571. The lowest BCUT2D eigenvalue weighted by Crippen LogP contribution is -2.43. The van der Waals surface area contributed by atoms with Gasteiger partial charge >= 0.3 is 5.97 Å². The van der Waals surface area contributed by atoms with E-state index in [9.17, 15) is 4.79 Å². The van der Waals surface area contributed by atoms with Crippen molar-refractivity contribution in [1.82, 2.24) is 4.90 Å². The molecule has 1 aromatic rings. The molecule has 2 aliphatic carbocycles. The number of esters is 1. The number of carbonyl (C=O) groups excluding carboxylic acids is 1. The van der Waals surface area contributed by atoms with E-state index in [4.69, 9.17) is 9.47 Å². The van der Waals surface area contributed by atoms with Gasteiger partial charge in [0.25, 0.3) is 0 Å². The van der Waals surface area contributed by atoms with Crippen LogP contribution in [0.25, 0.3) is 0 Å². The summed E-state index contributed by atoms with van der Waals surface area (Å²) in [5.41, 5.74) is 2.67. The summed E-state index contributed by atoms with van der Waals surface area (Å²) in [6.45, 7) is 3.18. The minimum Gasteiger partial charge on any atom is -0.496 e. The maximum Gasteiger partial charge on any atom is 0.313 e. The molecule has 134 valence electrons. The molecule has 25 heavy (non-hydrogen) atoms. The highest BCUT2D eigenvalue weighted by Gasteiger charge is 2.49. The Balaban J connectivity index is 1.62. The molecule has 1 heterocycles. The van der Waals surface area contributed by atoms with Crippen LogP contribution in [0.3, 0.4) is 0 Å². The molecule has 0 bridgehead atoms. The quantitative estimate of drug-likeness (QED) is 0.785. The van der Waals surface area contributed by atoms with Gasteiger partial charge in [0.2, 0.25) is 0 Å². The lowest BCUT2D eigenvalue weighted by atomic mass is 9.68. The molecule has 0 amide bonds. The van der Waals surface area contributed by atoms with Crippen LogP contribution >= 0.6 is 0 Å². The van der Waals surface area contributed by atoms with Crippen LogP contribution in [0.5, 0.6) is 5.75 Å². The fourth-order valence-electron chi connectivity index (χ4n) is 4.54. The normalized spacial score (nSPS) is 29.1. The van der Waals surface area contributed by atoms with Gasteiger partial charge in [-0.2, -0.15) is 0 Å². The number of carbonyl (C=O) groups is 1. The smallest absolute Gasteiger partial charge is 0.313 e. The van der Waals surface area contributed by atoms with Gasteiger partial charge in [0.05, 0.1) is 13.0 Å². The topological polar surface area (TPSA) is 38.8 Å². The summed E-state index contributed by atoms with van der Waals surface area (Å²) in [6.07, 6.45) is 7.03. The first-order valence-electron chi connectivity index (χ1n) is 9.29. The summed E-state index contributed by atoms with van der Waals surface area (Å²) in [6, 6.07) is 6.96. The van der Waals surface area contributed by atoms with Crippen LogP contribution < -0.4 is 4.74 Å². The maximum absolute atomic E-state index is 12.0. The molecule has 1 aromatic carbocycles. The summed E-state index contributed by atoms with van der Waals surface area (Å²) < 4.78 is 11.1. The highest BCUT2D eigenvalue weighted by molar-refractivity contribution is 5.76. The highest BCUT2D eigenvalue weighted by Crippen LogP contribution is 2.49. The zero-order valence-electron chi connectivity index (χ0n) is 15.4. The molecule has 0 spiro atoms. The molecule has 1 aliphatic heterocycles. The number of likely N-dealkylation sites (tertiary alicyclic amines) is 1. The number of ether oxygens (including phenoxy) is 2. The minimum absolute atomic E-state index is 0.0281. The molecule has 2 fully saturated rings. The molecule has 0 radical (unpaired) electrons. The van der Waals surface area contributed by atoms with Gasteiger partial charge in [-0.1, -0.05) is 12.1 Å². The second kappa shape index (κ2) is 6.17. The summed E-state index contributed by atoms with van der Waals surface area (Å²) in [7, 11) is 3.91. The molecule has 4 heteroatoms. The summed E-state index contributed by atoms with van der Waals surface area (Å²) in [5, 5.41) is 0. The minimum atomic E-state index is -0.0281. The number of hydrogen-bond donors (Lipinski definition) is 0. The van der Waals surface area contributed by atoms with E-state index in [0.717, 1.165) is 50.2 Å². The van der Waals surface area contributed by atoms with Gasteiger partial charge in [0, 0.05) is 17.9 Å². The average Bonchev–Trinajstić information content (AvgIpc) is 3.41. The SMILES string of the molecule is COc1ccc([C@@]23CC=C(OC(=O)C4CC4)C[C@@H]2N(C)CC3)cc1C. The number of allylic oxidation sites excluding steroid dienone is 1. The van der Waals surface area contributed by atoms with E-state index >= 15 is 0 Å². The number of methoxy groups -OCH3 is 1. The zero-order chi connectivity index (χ0) is 17.6. The standard InChI is InChI=1S/C21H27NO3/c1-14-12-16(6-7-18(14)24-3)21-9-8-17(25-20(23)15-4-5-15)13-19(21)22(2)11-10-21/h6-8,12,15,19H,4-5,9-11,13H2,1-3H3/t19-,21-/m0/s1. The van der Waals surface area contributed by atoms with Crippen molar-refractivity contribution in [3.8, 4) is 5.75 Å². The predicted octanol–water partition coefficient (Wildman–Crippen LogP) is 3.58. The van der Waals surface area contributed by atoms with Crippen molar-refractivity contribution in [3.05, 3.63) is 41.2 Å². The highest BCUT2D eigenvalue weighted by atomic mass is 16.5. The van der Waals surface area contributed by atoms with E-state index < -0.39 is 0 Å². The van der Waals surface area contributed by atoms with E-state index in [-0.39, 0.29) is 17.3 Å². The molecule has 1 saturated heterocycles. The fourth-order valence-corrected chi connectivity index (χ4v) is 4.54. The van der Waals surface area contributed by atoms with Crippen LogP contribution in [0.2, 0.25) is 0 Å². The van der Waals surface area contributed by atoms with E-state index in [1.54, 1.807) is 7.11 Å². The number of aryl methyl sites for hydroxylation is 1. The number of likely N-dealkylation sites (N-methyl/N-ethyl adjacent to an activating group) is 1. The molecule has 0 unspecified atom stereocenters. The third kappa shape index (κ3) is 2.86. The van der Waals surface area contributed by atoms with E-state index in [2.05, 4.69) is 43.1 Å². The Hall–Kier alpha value is -1.81. The molecule has 0 aromatic heterocycles. The van der Waals surface area contributed by atoms with E-state index in [1.165, 1.54) is 11.1 Å². The van der Waals surface area contributed by atoms with Crippen LogP contribution in [0.4, 0.5) is 0 Å². The second-order valence-corrected chi connectivity index (χ2v) is 7.86. The molecule has 4 rings (SSSR count). The Kier molecular flexibility index (Phi) is 4.11. The van der Waals surface area contributed by atoms with Crippen LogP contribution in [0.1, 0.15) is 43.2 Å². The number of benzene rings is 1. The van der Waals surface area contributed by atoms with Gasteiger partial charge in [-0.15, -0.1) is 0 Å². The van der Waals surface area contributed by atoms with Crippen molar-refractivity contribution in [2.45, 2.75) is 50.5 Å². The molecule has 3 aliphatic rings. The molecule has 2 atom stereocenters. The van der Waals surface area contributed by atoms with Crippen LogP contribution in [0, 0.1) is 12.8 Å². The Morgan fingerprint density at radius 3 is 2.80 bits per heavy atom. The monoisotopic (exact) mass is 341 g/mol.